The second kappa shape index (κ2) is 11.7. The van der Waals surface area contributed by atoms with E-state index in [-0.39, 0.29) is 35.5 Å². The molecule has 130 valence electrons. The largest absolute Gasteiger partial charge is 0.329 e. The maximum absolute atomic E-state index is 11.7. The standard InChI is InChI=1S/C16H34N4O2/c1-11(14(4)21)12(2)20-9-8-18-10-16(15(5)22)13(3)19-7-6-17/h11-13,16,18-20H,6-10,17H2,1-5H3. The molecule has 0 spiro atoms. The van der Waals surface area contributed by atoms with Crippen molar-refractivity contribution in [1.82, 2.24) is 16.0 Å². The van der Waals surface area contributed by atoms with Gasteiger partial charge in [0, 0.05) is 56.6 Å². The highest BCUT2D eigenvalue weighted by molar-refractivity contribution is 5.79. The molecule has 0 saturated heterocycles. The van der Waals surface area contributed by atoms with Gasteiger partial charge in [-0.3, -0.25) is 9.59 Å². The minimum atomic E-state index is -0.0554. The number of rotatable bonds is 13. The van der Waals surface area contributed by atoms with E-state index in [1.54, 1.807) is 13.8 Å². The summed E-state index contributed by atoms with van der Waals surface area (Å²) in [6, 6.07) is 0.270. The normalized spacial score (nSPS) is 16.8. The Balaban J connectivity index is 3.99. The van der Waals surface area contributed by atoms with E-state index < -0.39 is 0 Å². The van der Waals surface area contributed by atoms with E-state index in [9.17, 15) is 9.59 Å². The Morgan fingerprint density at radius 1 is 0.909 bits per heavy atom. The van der Waals surface area contributed by atoms with Crippen LogP contribution in [0.5, 0.6) is 0 Å². The first kappa shape index (κ1) is 21.2. The zero-order chi connectivity index (χ0) is 17.1. The molecule has 0 saturated carbocycles. The predicted molar refractivity (Wildman–Crippen MR) is 90.9 cm³/mol. The summed E-state index contributed by atoms with van der Waals surface area (Å²) in [6.45, 7) is 12.7. The molecule has 0 aromatic heterocycles. The summed E-state index contributed by atoms with van der Waals surface area (Å²) in [5.74, 6) is 0.339. The van der Waals surface area contributed by atoms with Gasteiger partial charge in [-0.15, -0.1) is 0 Å². The van der Waals surface area contributed by atoms with Crippen molar-refractivity contribution >= 4 is 11.6 Å². The second-order valence-electron chi connectivity index (χ2n) is 6.09. The molecule has 0 bridgehead atoms. The summed E-state index contributed by atoms with van der Waals surface area (Å²) >= 11 is 0. The van der Waals surface area contributed by atoms with Crippen LogP contribution in [0.1, 0.15) is 34.6 Å². The number of ketones is 2. The molecule has 0 aliphatic heterocycles. The van der Waals surface area contributed by atoms with Crippen LogP contribution in [0.15, 0.2) is 0 Å². The molecular weight excluding hydrogens is 280 g/mol. The van der Waals surface area contributed by atoms with Gasteiger partial charge in [-0.1, -0.05) is 6.92 Å². The Kier molecular flexibility index (Phi) is 11.3. The van der Waals surface area contributed by atoms with Crippen molar-refractivity contribution in [2.45, 2.75) is 46.7 Å². The van der Waals surface area contributed by atoms with Crippen LogP contribution in [0.2, 0.25) is 0 Å². The van der Waals surface area contributed by atoms with Crippen molar-refractivity contribution in [3.63, 3.8) is 0 Å². The van der Waals surface area contributed by atoms with Gasteiger partial charge in [0.1, 0.15) is 11.6 Å². The van der Waals surface area contributed by atoms with Crippen LogP contribution in [0, 0.1) is 11.8 Å². The summed E-state index contributed by atoms with van der Waals surface area (Å²) < 4.78 is 0. The lowest BCUT2D eigenvalue weighted by atomic mass is 9.97. The van der Waals surface area contributed by atoms with Crippen LogP contribution in [0.25, 0.3) is 0 Å². The van der Waals surface area contributed by atoms with Crippen molar-refractivity contribution < 1.29 is 9.59 Å². The Morgan fingerprint density at radius 2 is 1.50 bits per heavy atom. The molecule has 4 unspecified atom stereocenters. The smallest absolute Gasteiger partial charge is 0.135 e. The molecule has 6 heteroatoms. The molecule has 0 amide bonds. The third-order valence-electron chi connectivity index (χ3n) is 4.26. The average molecular weight is 314 g/mol. The van der Waals surface area contributed by atoms with Crippen molar-refractivity contribution in [2.75, 3.05) is 32.7 Å². The van der Waals surface area contributed by atoms with E-state index >= 15 is 0 Å². The first-order chi connectivity index (χ1) is 10.3. The van der Waals surface area contributed by atoms with Gasteiger partial charge in [0.05, 0.1) is 0 Å². The topological polar surface area (TPSA) is 96.2 Å². The molecule has 0 heterocycles. The molecule has 22 heavy (non-hydrogen) atoms. The Labute approximate surface area is 135 Å². The first-order valence-corrected chi connectivity index (χ1v) is 8.19. The van der Waals surface area contributed by atoms with Crippen LogP contribution in [-0.2, 0) is 9.59 Å². The summed E-state index contributed by atoms with van der Waals surface area (Å²) in [6.07, 6.45) is 0. The van der Waals surface area contributed by atoms with E-state index in [2.05, 4.69) is 16.0 Å². The van der Waals surface area contributed by atoms with Crippen molar-refractivity contribution in [3.8, 4) is 0 Å². The van der Waals surface area contributed by atoms with E-state index in [0.717, 1.165) is 13.1 Å². The Hall–Kier alpha value is -0.820. The van der Waals surface area contributed by atoms with Gasteiger partial charge in [0.15, 0.2) is 0 Å². The second-order valence-corrected chi connectivity index (χ2v) is 6.09. The van der Waals surface area contributed by atoms with Gasteiger partial charge in [0.25, 0.3) is 0 Å². The third kappa shape index (κ3) is 8.58. The minimum Gasteiger partial charge on any atom is -0.329 e. The van der Waals surface area contributed by atoms with Gasteiger partial charge in [0.2, 0.25) is 0 Å². The lowest BCUT2D eigenvalue weighted by Crippen LogP contribution is -2.45. The van der Waals surface area contributed by atoms with Crippen LogP contribution in [0.3, 0.4) is 0 Å². The third-order valence-corrected chi connectivity index (χ3v) is 4.26. The number of nitrogens with one attached hydrogen (secondary N) is 3. The van der Waals surface area contributed by atoms with Crippen LogP contribution >= 0.6 is 0 Å². The first-order valence-electron chi connectivity index (χ1n) is 8.19. The van der Waals surface area contributed by atoms with Crippen LogP contribution < -0.4 is 21.7 Å². The van der Waals surface area contributed by atoms with Crippen molar-refractivity contribution in [3.05, 3.63) is 0 Å². The lowest BCUT2D eigenvalue weighted by molar-refractivity contribution is -0.122. The fourth-order valence-electron chi connectivity index (χ4n) is 2.30. The van der Waals surface area contributed by atoms with Crippen molar-refractivity contribution in [2.24, 2.45) is 17.6 Å². The summed E-state index contributed by atoms with van der Waals surface area (Å²) in [5.41, 5.74) is 5.47. The zero-order valence-electron chi connectivity index (χ0n) is 14.7. The molecule has 4 atom stereocenters. The highest BCUT2D eigenvalue weighted by atomic mass is 16.1. The number of hydrogen-bond acceptors (Lipinski definition) is 6. The molecule has 0 aliphatic carbocycles. The van der Waals surface area contributed by atoms with Crippen molar-refractivity contribution in [1.29, 1.82) is 0 Å². The molecule has 0 rings (SSSR count). The van der Waals surface area contributed by atoms with E-state index in [1.807, 2.05) is 20.8 Å². The maximum Gasteiger partial charge on any atom is 0.135 e. The molecule has 0 radical (unpaired) electrons. The molecule has 6 nitrogen and oxygen atoms in total. The monoisotopic (exact) mass is 314 g/mol. The Morgan fingerprint density at radius 3 is 2.00 bits per heavy atom. The molecule has 0 aromatic carbocycles. The average Bonchev–Trinajstić information content (AvgIpc) is 2.46. The zero-order valence-corrected chi connectivity index (χ0v) is 14.7. The fourth-order valence-corrected chi connectivity index (χ4v) is 2.30. The van der Waals surface area contributed by atoms with Gasteiger partial charge in [-0.2, -0.15) is 0 Å². The number of hydrogen-bond donors (Lipinski definition) is 4. The lowest BCUT2D eigenvalue weighted by Gasteiger charge is -2.24. The highest BCUT2D eigenvalue weighted by Gasteiger charge is 2.21. The summed E-state index contributed by atoms with van der Waals surface area (Å²) in [4.78, 5) is 23.0. The quantitative estimate of drug-likeness (QED) is 0.355. The number of carbonyl (C=O) groups is 2. The number of nitrogens with two attached hydrogens (primary N) is 1. The highest BCUT2D eigenvalue weighted by Crippen LogP contribution is 2.04. The van der Waals surface area contributed by atoms with Crippen LogP contribution in [0.4, 0.5) is 0 Å². The Bertz CT molecular complexity index is 336. The van der Waals surface area contributed by atoms with Gasteiger partial charge in [-0.05, 0) is 27.7 Å². The maximum atomic E-state index is 11.7. The van der Waals surface area contributed by atoms with E-state index in [0.29, 0.717) is 19.6 Å². The molecular formula is C16H34N4O2. The summed E-state index contributed by atoms with van der Waals surface area (Å²) in [5, 5.41) is 9.90. The fraction of sp³-hybridized carbons (Fsp3) is 0.875. The SMILES string of the molecule is CC(=O)C(C)C(C)NCCNCC(C(C)=O)C(C)NCCN. The summed E-state index contributed by atoms with van der Waals surface area (Å²) in [7, 11) is 0. The predicted octanol–water partition coefficient (Wildman–Crippen LogP) is -0.0788. The number of Topliss-reactive ketones (excluding diaryl/α,β-unsaturated/α-hetero) is 2. The van der Waals surface area contributed by atoms with Gasteiger partial charge >= 0.3 is 0 Å². The van der Waals surface area contributed by atoms with Gasteiger partial charge < -0.3 is 21.7 Å². The van der Waals surface area contributed by atoms with Gasteiger partial charge in [-0.25, -0.2) is 0 Å². The molecule has 0 aromatic rings. The minimum absolute atomic E-state index is 0.0189. The van der Waals surface area contributed by atoms with Crippen LogP contribution in [-0.4, -0.2) is 56.4 Å². The molecule has 5 N–H and O–H groups in total. The molecule has 0 fully saturated rings. The van der Waals surface area contributed by atoms with E-state index in [1.165, 1.54) is 0 Å². The van der Waals surface area contributed by atoms with E-state index in [4.69, 9.17) is 5.73 Å². The number of carbonyl (C=O) groups excluding carboxylic acids is 2. The molecule has 0 aliphatic rings.